The summed E-state index contributed by atoms with van der Waals surface area (Å²) in [5.74, 6) is -0.598. The summed E-state index contributed by atoms with van der Waals surface area (Å²) in [5, 5.41) is 5.96. The van der Waals surface area contributed by atoms with Crippen LogP contribution in [0.25, 0.3) is 0 Å². The Morgan fingerprint density at radius 2 is 2.32 bits per heavy atom. The van der Waals surface area contributed by atoms with Gasteiger partial charge in [-0.15, -0.1) is 12.4 Å². The smallest absolute Gasteiger partial charge is 0.238 e. The molecule has 1 saturated heterocycles. The molecule has 1 aromatic carbocycles. The lowest BCUT2D eigenvalue weighted by molar-refractivity contribution is -0.117. The minimum atomic E-state index is -0.428. The standard InChI is InChI=1S/C15H21BrFN3O.ClH/c1-2-7-20(12-5-6-18-9-12)10-15(21)19-14-4-3-11(16)8-13(14)17;/h3-4,8,12,18H,2,5-7,9-10H2,1H3,(H,19,21);1H. The molecule has 2 N–H and O–H groups in total. The second-order valence-electron chi connectivity index (χ2n) is 5.29. The second kappa shape index (κ2) is 9.45. The number of carbonyl (C=O) groups is 1. The number of hydrogen-bond acceptors (Lipinski definition) is 3. The third kappa shape index (κ3) is 5.50. The molecule has 1 aliphatic rings. The van der Waals surface area contributed by atoms with Gasteiger partial charge in [-0.05, 0) is 44.1 Å². The van der Waals surface area contributed by atoms with Crippen molar-refractivity contribution in [1.29, 1.82) is 0 Å². The van der Waals surface area contributed by atoms with E-state index in [1.165, 1.54) is 6.07 Å². The van der Waals surface area contributed by atoms with Crippen molar-refractivity contribution >= 4 is 39.9 Å². The molecule has 1 unspecified atom stereocenters. The summed E-state index contributed by atoms with van der Waals surface area (Å²) < 4.78 is 14.4. The van der Waals surface area contributed by atoms with Gasteiger partial charge in [0.15, 0.2) is 0 Å². The summed E-state index contributed by atoms with van der Waals surface area (Å²) in [6.07, 6.45) is 2.05. The van der Waals surface area contributed by atoms with Gasteiger partial charge >= 0.3 is 0 Å². The van der Waals surface area contributed by atoms with Gasteiger partial charge in [0.05, 0.1) is 12.2 Å². The van der Waals surface area contributed by atoms with Crippen molar-refractivity contribution in [3.05, 3.63) is 28.5 Å². The molecular formula is C15H22BrClFN3O. The Bertz CT molecular complexity index is 498. The van der Waals surface area contributed by atoms with E-state index in [0.717, 1.165) is 32.5 Å². The van der Waals surface area contributed by atoms with E-state index in [4.69, 9.17) is 0 Å². The van der Waals surface area contributed by atoms with E-state index in [1.54, 1.807) is 12.1 Å². The van der Waals surface area contributed by atoms with Crippen LogP contribution < -0.4 is 10.6 Å². The normalized spacial score (nSPS) is 17.4. The Morgan fingerprint density at radius 3 is 2.91 bits per heavy atom. The van der Waals surface area contributed by atoms with E-state index in [9.17, 15) is 9.18 Å². The molecule has 2 rings (SSSR count). The van der Waals surface area contributed by atoms with Crippen LogP contribution in [0.3, 0.4) is 0 Å². The van der Waals surface area contributed by atoms with Crippen LogP contribution in [0.15, 0.2) is 22.7 Å². The van der Waals surface area contributed by atoms with Crippen LogP contribution in [0.5, 0.6) is 0 Å². The Morgan fingerprint density at radius 1 is 1.55 bits per heavy atom. The molecule has 1 fully saturated rings. The molecule has 1 atom stereocenters. The highest BCUT2D eigenvalue weighted by atomic mass is 79.9. The number of halogens is 3. The van der Waals surface area contributed by atoms with Crippen molar-refractivity contribution in [2.45, 2.75) is 25.8 Å². The largest absolute Gasteiger partial charge is 0.322 e. The molecule has 1 heterocycles. The third-order valence-corrected chi connectivity index (χ3v) is 4.11. The zero-order valence-electron chi connectivity index (χ0n) is 12.6. The summed E-state index contributed by atoms with van der Waals surface area (Å²) in [6.45, 7) is 5.19. The second-order valence-corrected chi connectivity index (χ2v) is 6.21. The van der Waals surface area contributed by atoms with Crippen molar-refractivity contribution in [3.63, 3.8) is 0 Å². The molecule has 1 aliphatic heterocycles. The van der Waals surface area contributed by atoms with Crippen LogP contribution in [0, 0.1) is 5.82 Å². The molecule has 124 valence electrons. The maximum Gasteiger partial charge on any atom is 0.238 e. The number of nitrogens with one attached hydrogen (secondary N) is 2. The van der Waals surface area contributed by atoms with Gasteiger partial charge in [0, 0.05) is 17.1 Å². The van der Waals surface area contributed by atoms with Crippen molar-refractivity contribution in [1.82, 2.24) is 10.2 Å². The molecule has 22 heavy (non-hydrogen) atoms. The zero-order valence-corrected chi connectivity index (χ0v) is 15.0. The quantitative estimate of drug-likeness (QED) is 0.779. The molecule has 0 aromatic heterocycles. The van der Waals surface area contributed by atoms with Crippen LogP contribution in [-0.2, 0) is 4.79 Å². The number of amides is 1. The number of hydrogen-bond donors (Lipinski definition) is 2. The highest BCUT2D eigenvalue weighted by Crippen LogP contribution is 2.19. The number of rotatable bonds is 6. The molecule has 0 aliphatic carbocycles. The molecule has 4 nitrogen and oxygen atoms in total. The first kappa shape index (κ1) is 19.4. The fraction of sp³-hybridized carbons (Fsp3) is 0.533. The Labute approximate surface area is 145 Å². The predicted octanol–water partition coefficient (Wildman–Crippen LogP) is 3.02. The highest BCUT2D eigenvalue weighted by molar-refractivity contribution is 9.10. The van der Waals surface area contributed by atoms with E-state index in [1.807, 2.05) is 0 Å². The molecule has 1 aromatic rings. The summed E-state index contributed by atoms with van der Waals surface area (Å²) in [5.41, 5.74) is 0.226. The molecule has 7 heteroatoms. The Kier molecular flexibility index (Phi) is 8.31. The topological polar surface area (TPSA) is 44.4 Å². The highest BCUT2D eigenvalue weighted by Gasteiger charge is 2.23. The predicted molar refractivity (Wildman–Crippen MR) is 93.1 cm³/mol. The van der Waals surface area contributed by atoms with Crippen molar-refractivity contribution in [3.8, 4) is 0 Å². The summed E-state index contributed by atoms with van der Waals surface area (Å²) >= 11 is 3.20. The minimum Gasteiger partial charge on any atom is -0.322 e. The number of nitrogens with zero attached hydrogens (tertiary/aromatic N) is 1. The average molecular weight is 395 g/mol. The van der Waals surface area contributed by atoms with Gasteiger partial charge in [-0.3, -0.25) is 9.69 Å². The lowest BCUT2D eigenvalue weighted by Gasteiger charge is -2.27. The first-order valence-corrected chi connectivity index (χ1v) is 8.09. The molecule has 0 spiro atoms. The number of anilines is 1. The van der Waals surface area contributed by atoms with Crippen LogP contribution in [0.2, 0.25) is 0 Å². The van der Waals surface area contributed by atoms with Crippen LogP contribution >= 0.6 is 28.3 Å². The SMILES string of the molecule is CCCN(CC(=O)Nc1ccc(Br)cc1F)C1CCNC1.Cl. The first-order chi connectivity index (χ1) is 10.1. The zero-order chi connectivity index (χ0) is 15.2. The molecule has 1 amide bonds. The molecule has 0 radical (unpaired) electrons. The van der Waals surface area contributed by atoms with E-state index >= 15 is 0 Å². The van der Waals surface area contributed by atoms with Gasteiger partial charge in [-0.25, -0.2) is 4.39 Å². The van der Waals surface area contributed by atoms with Gasteiger partial charge in [0.25, 0.3) is 0 Å². The van der Waals surface area contributed by atoms with E-state index in [-0.39, 0.29) is 24.0 Å². The lowest BCUT2D eigenvalue weighted by Crippen LogP contribution is -2.42. The maximum atomic E-state index is 13.7. The third-order valence-electron chi connectivity index (χ3n) is 3.61. The Balaban J connectivity index is 0.00000242. The van der Waals surface area contributed by atoms with Gasteiger partial charge in [-0.1, -0.05) is 22.9 Å². The summed E-state index contributed by atoms with van der Waals surface area (Å²) in [4.78, 5) is 14.3. The molecular weight excluding hydrogens is 373 g/mol. The van der Waals surface area contributed by atoms with Gasteiger partial charge in [-0.2, -0.15) is 0 Å². The van der Waals surface area contributed by atoms with Crippen molar-refractivity contribution in [2.75, 3.05) is 31.5 Å². The number of carbonyl (C=O) groups excluding carboxylic acids is 1. The van der Waals surface area contributed by atoms with Crippen LogP contribution in [0.4, 0.5) is 10.1 Å². The van der Waals surface area contributed by atoms with Gasteiger partial charge in [0.2, 0.25) is 5.91 Å². The van der Waals surface area contributed by atoms with Crippen LogP contribution in [0.1, 0.15) is 19.8 Å². The maximum absolute atomic E-state index is 13.7. The van der Waals surface area contributed by atoms with Crippen molar-refractivity contribution < 1.29 is 9.18 Å². The van der Waals surface area contributed by atoms with Crippen LogP contribution in [-0.4, -0.2) is 43.0 Å². The summed E-state index contributed by atoms with van der Waals surface area (Å²) in [6, 6.07) is 5.02. The number of benzene rings is 1. The lowest BCUT2D eigenvalue weighted by atomic mass is 10.2. The molecule has 0 bridgehead atoms. The fourth-order valence-corrected chi connectivity index (χ4v) is 2.93. The minimum absolute atomic E-state index is 0. The van der Waals surface area contributed by atoms with E-state index in [0.29, 0.717) is 17.1 Å². The average Bonchev–Trinajstić information content (AvgIpc) is 2.95. The first-order valence-electron chi connectivity index (χ1n) is 7.30. The van der Waals surface area contributed by atoms with E-state index in [2.05, 4.69) is 38.4 Å². The summed E-state index contributed by atoms with van der Waals surface area (Å²) in [7, 11) is 0. The monoisotopic (exact) mass is 393 g/mol. The Hall–Kier alpha value is -0.690. The fourth-order valence-electron chi connectivity index (χ4n) is 2.59. The van der Waals surface area contributed by atoms with E-state index < -0.39 is 5.82 Å². The van der Waals surface area contributed by atoms with Crippen molar-refractivity contribution in [2.24, 2.45) is 0 Å². The molecule has 0 saturated carbocycles. The van der Waals surface area contributed by atoms with Gasteiger partial charge in [0.1, 0.15) is 5.82 Å². The van der Waals surface area contributed by atoms with Gasteiger partial charge < -0.3 is 10.6 Å².